The van der Waals surface area contributed by atoms with E-state index in [4.69, 9.17) is 0 Å². The van der Waals surface area contributed by atoms with Crippen LogP contribution in [-0.2, 0) is 6.54 Å². The first-order chi connectivity index (χ1) is 6.86. The summed E-state index contributed by atoms with van der Waals surface area (Å²) in [5.41, 5.74) is 1.05. The second-order valence-corrected chi connectivity index (χ2v) is 3.93. The van der Waals surface area contributed by atoms with Gasteiger partial charge in [-0.3, -0.25) is 5.10 Å². The maximum Gasteiger partial charge on any atom is 0.139 e. The predicted octanol–water partition coefficient (Wildman–Crippen LogP) is 2.02. The Labute approximate surface area is 95.3 Å². The molecule has 0 saturated carbocycles. The van der Waals surface area contributed by atoms with Gasteiger partial charge in [-0.05, 0) is 40.8 Å². The van der Waals surface area contributed by atoms with Crippen molar-refractivity contribution in [3.63, 3.8) is 0 Å². The molecule has 0 aliphatic rings. The molecule has 0 fully saturated rings. The monoisotopic (exact) mass is 300 g/mol. The minimum absolute atomic E-state index is 0.715. The smallest absolute Gasteiger partial charge is 0.139 e. The second-order valence-electron chi connectivity index (χ2n) is 2.77. The zero-order chi connectivity index (χ0) is 9.80. The molecule has 0 amide bonds. The highest BCUT2D eigenvalue weighted by atomic mass is 127. The van der Waals surface area contributed by atoms with E-state index in [1.807, 2.05) is 18.2 Å². The van der Waals surface area contributed by atoms with E-state index in [0.717, 1.165) is 15.1 Å². The van der Waals surface area contributed by atoms with Crippen LogP contribution in [0, 0.1) is 3.57 Å². The predicted molar refractivity (Wildman–Crippen MR) is 62.9 cm³/mol. The van der Waals surface area contributed by atoms with Crippen LogP contribution in [0.3, 0.4) is 0 Å². The second kappa shape index (κ2) is 4.41. The molecular formula is C9H9IN4. The number of aromatic amines is 1. The molecule has 4 nitrogen and oxygen atoms in total. The molecule has 0 bridgehead atoms. The van der Waals surface area contributed by atoms with Gasteiger partial charge in [-0.15, -0.1) is 0 Å². The Balaban J connectivity index is 2.02. The van der Waals surface area contributed by atoms with E-state index in [1.165, 1.54) is 0 Å². The van der Waals surface area contributed by atoms with Crippen LogP contribution in [0.1, 0.15) is 5.69 Å². The summed E-state index contributed by atoms with van der Waals surface area (Å²) in [5.74, 6) is 0.905. The van der Waals surface area contributed by atoms with Crippen LogP contribution in [0.2, 0.25) is 0 Å². The number of halogens is 1. The number of pyridine rings is 1. The molecular weight excluding hydrogens is 291 g/mol. The average Bonchev–Trinajstić information content (AvgIpc) is 2.69. The van der Waals surface area contributed by atoms with Crippen molar-refractivity contribution in [2.45, 2.75) is 6.54 Å². The van der Waals surface area contributed by atoms with Crippen LogP contribution < -0.4 is 5.32 Å². The van der Waals surface area contributed by atoms with Gasteiger partial charge < -0.3 is 5.32 Å². The third-order valence-corrected chi connectivity index (χ3v) is 2.63. The summed E-state index contributed by atoms with van der Waals surface area (Å²) in [4.78, 5) is 4.22. The lowest BCUT2D eigenvalue weighted by atomic mass is 10.4. The molecule has 0 aromatic carbocycles. The molecule has 0 atom stereocenters. The fourth-order valence-electron chi connectivity index (χ4n) is 1.08. The lowest BCUT2D eigenvalue weighted by Crippen LogP contribution is -2.03. The molecule has 2 heterocycles. The number of hydrogen-bond donors (Lipinski definition) is 2. The zero-order valence-corrected chi connectivity index (χ0v) is 9.52. The fraction of sp³-hybridized carbons (Fsp3) is 0.111. The Morgan fingerprint density at radius 1 is 1.36 bits per heavy atom. The van der Waals surface area contributed by atoms with Gasteiger partial charge in [0.15, 0.2) is 0 Å². The quantitative estimate of drug-likeness (QED) is 0.853. The Kier molecular flexibility index (Phi) is 2.97. The first-order valence-electron chi connectivity index (χ1n) is 4.19. The van der Waals surface area contributed by atoms with E-state index in [1.54, 1.807) is 12.4 Å². The van der Waals surface area contributed by atoms with Crippen molar-refractivity contribution in [2.75, 3.05) is 5.32 Å². The van der Waals surface area contributed by atoms with Crippen LogP contribution in [0.25, 0.3) is 0 Å². The van der Waals surface area contributed by atoms with Gasteiger partial charge in [0.2, 0.25) is 0 Å². The third kappa shape index (κ3) is 2.22. The first-order valence-corrected chi connectivity index (χ1v) is 5.27. The van der Waals surface area contributed by atoms with Crippen molar-refractivity contribution in [1.82, 2.24) is 15.2 Å². The van der Waals surface area contributed by atoms with Gasteiger partial charge in [0, 0.05) is 12.4 Å². The van der Waals surface area contributed by atoms with Crippen LogP contribution in [0.5, 0.6) is 0 Å². The molecule has 14 heavy (non-hydrogen) atoms. The molecule has 0 unspecified atom stereocenters. The largest absolute Gasteiger partial charge is 0.364 e. The van der Waals surface area contributed by atoms with E-state index < -0.39 is 0 Å². The van der Waals surface area contributed by atoms with Gasteiger partial charge >= 0.3 is 0 Å². The van der Waals surface area contributed by atoms with Crippen molar-refractivity contribution in [2.24, 2.45) is 0 Å². The minimum atomic E-state index is 0.715. The zero-order valence-electron chi connectivity index (χ0n) is 7.37. The first kappa shape index (κ1) is 9.45. The van der Waals surface area contributed by atoms with Gasteiger partial charge in [-0.1, -0.05) is 0 Å². The lowest BCUT2D eigenvalue weighted by Gasteiger charge is -2.04. The molecule has 5 heteroatoms. The van der Waals surface area contributed by atoms with E-state index in [0.29, 0.717) is 6.54 Å². The lowest BCUT2D eigenvalue weighted by molar-refractivity contribution is 0.973. The number of H-pyrrole nitrogens is 1. The van der Waals surface area contributed by atoms with Gasteiger partial charge in [-0.25, -0.2) is 4.98 Å². The summed E-state index contributed by atoms with van der Waals surface area (Å²) in [7, 11) is 0. The molecule has 2 aromatic rings. The molecule has 0 aliphatic carbocycles. The van der Waals surface area contributed by atoms with E-state index in [-0.39, 0.29) is 0 Å². The number of anilines is 1. The molecule has 0 radical (unpaired) electrons. The summed E-state index contributed by atoms with van der Waals surface area (Å²) in [6, 6.07) is 5.87. The number of aromatic nitrogens is 3. The maximum absolute atomic E-state index is 4.22. The molecule has 2 aromatic heterocycles. The Morgan fingerprint density at radius 3 is 3.00 bits per heavy atom. The standard InChI is InChI=1S/C9H9IN4/c10-8-2-1-4-11-9(8)12-6-7-3-5-13-14-7/h1-5H,6H2,(H,11,12)(H,13,14). The van der Waals surface area contributed by atoms with Crippen molar-refractivity contribution in [1.29, 1.82) is 0 Å². The summed E-state index contributed by atoms with van der Waals surface area (Å²) >= 11 is 2.25. The van der Waals surface area contributed by atoms with E-state index >= 15 is 0 Å². The molecule has 0 saturated heterocycles. The minimum Gasteiger partial charge on any atom is -0.364 e. The SMILES string of the molecule is Ic1cccnc1NCc1ccn[nH]1. The molecule has 2 rings (SSSR count). The normalized spacial score (nSPS) is 10.1. The average molecular weight is 300 g/mol. The van der Waals surface area contributed by atoms with E-state index in [2.05, 4.69) is 43.1 Å². The summed E-state index contributed by atoms with van der Waals surface area (Å²) in [6.45, 7) is 0.715. The molecule has 72 valence electrons. The van der Waals surface area contributed by atoms with Crippen molar-refractivity contribution in [3.8, 4) is 0 Å². The number of hydrogen-bond acceptors (Lipinski definition) is 3. The Hall–Kier alpha value is -1.11. The molecule has 0 aliphatic heterocycles. The Morgan fingerprint density at radius 2 is 2.29 bits per heavy atom. The van der Waals surface area contributed by atoms with Crippen LogP contribution in [0.15, 0.2) is 30.6 Å². The third-order valence-electron chi connectivity index (χ3n) is 1.76. The van der Waals surface area contributed by atoms with Crippen LogP contribution in [-0.4, -0.2) is 15.2 Å². The number of nitrogens with one attached hydrogen (secondary N) is 2. The highest BCUT2D eigenvalue weighted by Gasteiger charge is 1.99. The van der Waals surface area contributed by atoms with Crippen molar-refractivity contribution >= 4 is 28.4 Å². The van der Waals surface area contributed by atoms with Crippen LogP contribution >= 0.6 is 22.6 Å². The number of rotatable bonds is 3. The highest BCUT2D eigenvalue weighted by molar-refractivity contribution is 14.1. The molecule has 0 spiro atoms. The highest BCUT2D eigenvalue weighted by Crippen LogP contribution is 2.14. The van der Waals surface area contributed by atoms with Gasteiger partial charge in [-0.2, -0.15) is 5.10 Å². The Bertz CT molecular complexity index is 399. The van der Waals surface area contributed by atoms with E-state index in [9.17, 15) is 0 Å². The molecule has 2 N–H and O–H groups in total. The van der Waals surface area contributed by atoms with Gasteiger partial charge in [0.05, 0.1) is 15.8 Å². The van der Waals surface area contributed by atoms with Gasteiger partial charge in [0.1, 0.15) is 5.82 Å². The van der Waals surface area contributed by atoms with Crippen LogP contribution in [0.4, 0.5) is 5.82 Å². The van der Waals surface area contributed by atoms with Gasteiger partial charge in [0.25, 0.3) is 0 Å². The summed E-state index contributed by atoms with van der Waals surface area (Å²) in [5, 5.41) is 9.98. The number of nitrogens with zero attached hydrogens (tertiary/aromatic N) is 2. The fourth-order valence-corrected chi connectivity index (χ4v) is 1.62. The van der Waals surface area contributed by atoms with Crippen molar-refractivity contribution < 1.29 is 0 Å². The summed E-state index contributed by atoms with van der Waals surface area (Å²) < 4.78 is 1.12. The van der Waals surface area contributed by atoms with Crippen molar-refractivity contribution in [3.05, 3.63) is 39.9 Å². The summed E-state index contributed by atoms with van der Waals surface area (Å²) in [6.07, 6.45) is 3.51. The topological polar surface area (TPSA) is 53.6 Å². The maximum atomic E-state index is 4.22.